The van der Waals surface area contributed by atoms with E-state index < -0.39 is 12.8 Å². The zero-order valence-corrected chi connectivity index (χ0v) is 13.1. The fourth-order valence-electron chi connectivity index (χ4n) is 1.53. The van der Waals surface area contributed by atoms with Crippen molar-refractivity contribution in [3.05, 3.63) is 23.9 Å². The second-order valence-corrected chi connectivity index (χ2v) is 4.52. The van der Waals surface area contributed by atoms with Crippen molar-refractivity contribution < 1.29 is 22.6 Å². The first-order valence-corrected chi connectivity index (χ1v) is 7.10. The SMILES string of the molecule is CCNC(=NCc1ccc(OCC(F)(F)F)nc1)NCCOC. The van der Waals surface area contributed by atoms with Gasteiger partial charge in [-0.1, -0.05) is 6.07 Å². The summed E-state index contributed by atoms with van der Waals surface area (Å²) in [6.07, 6.45) is -2.94. The summed E-state index contributed by atoms with van der Waals surface area (Å²) in [7, 11) is 1.61. The summed E-state index contributed by atoms with van der Waals surface area (Å²) >= 11 is 0. The molecule has 0 amide bonds. The normalized spacial score (nSPS) is 12.1. The minimum atomic E-state index is -4.38. The Bertz CT molecular complexity index is 478. The van der Waals surface area contributed by atoms with Gasteiger partial charge < -0.3 is 20.1 Å². The van der Waals surface area contributed by atoms with E-state index in [9.17, 15) is 13.2 Å². The molecule has 0 unspecified atom stereocenters. The van der Waals surface area contributed by atoms with Gasteiger partial charge in [-0.15, -0.1) is 0 Å². The van der Waals surface area contributed by atoms with Crippen molar-refractivity contribution in [1.82, 2.24) is 15.6 Å². The molecule has 1 rings (SSSR count). The van der Waals surface area contributed by atoms with Gasteiger partial charge in [-0.3, -0.25) is 0 Å². The number of halogens is 3. The number of aliphatic imine (C=N–C) groups is 1. The van der Waals surface area contributed by atoms with Crippen LogP contribution in [0.4, 0.5) is 13.2 Å². The summed E-state index contributed by atoms with van der Waals surface area (Å²) in [4.78, 5) is 8.18. The molecule has 9 heteroatoms. The zero-order chi connectivity index (χ0) is 17.1. The largest absolute Gasteiger partial charge is 0.468 e. The topological polar surface area (TPSA) is 67.8 Å². The first kappa shape index (κ1) is 19.0. The van der Waals surface area contributed by atoms with Gasteiger partial charge in [0, 0.05) is 32.5 Å². The molecule has 2 N–H and O–H groups in total. The van der Waals surface area contributed by atoms with Crippen LogP contribution in [0.3, 0.4) is 0 Å². The molecule has 1 aromatic heterocycles. The van der Waals surface area contributed by atoms with Crippen LogP contribution >= 0.6 is 0 Å². The second-order valence-electron chi connectivity index (χ2n) is 4.52. The van der Waals surface area contributed by atoms with Gasteiger partial charge in [0.25, 0.3) is 0 Å². The highest BCUT2D eigenvalue weighted by atomic mass is 19.4. The van der Waals surface area contributed by atoms with E-state index in [1.807, 2.05) is 6.92 Å². The van der Waals surface area contributed by atoms with Crippen molar-refractivity contribution >= 4 is 5.96 Å². The summed E-state index contributed by atoms with van der Waals surface area (Å²) in [5.74, 6) is 0.558. The van der Waals surface area contributed by atoms with Crippen LogP contribution in [0.2, 0.25) is 0 Å². The number of methoxy groups -OCH3 is 1. The Morgan fingerprint density at radius 3 is 2.65 bits per heavy atom. The number of hydrogen-bond donors (Lipinski definition) is 2. The molecule has 0 spiro atoms. The standard InChI is InChI=1S/C14H21F3N4O2/c1-3-18-13(19-6-7-22-2)21-9-11-4-5-12(20-8-11)23-10-14(15,16)17/h4-5,8H,3,6-7,9-10H2,1-2H3,(H2,18,19,21). The van der Waals surface area contributed by atoms with Crippen molar-refractivity contribution in [2.45, 2.75) is 19.6 Å². The molecular formula is C14H21F3N4O2. The molecule has 130 valence electrons. The van der Waals surface area contributed by atoms with Crippen molar-refractivity contribution in [2.24, 2.45) is 4.99 Å². The van der Waals surface area contributed by atoms with Gasteiger partial charge in [0.05, 0.1) is 13.2 Å². The number of hydrogen-bond acceptors (Lipinski definition) is 4. The highest BCUT2D eigenvalue weighted by Gasteiger charge is 2.28. The third-order valence-corrected chi connectivity index (χ3v) is 2.54. The van der Waals surface area contributed by atoms with E-state index in [1.54, 1.807) is 13.2 Å². The molecule has 1 heterocycles. The summed E-state index contributed by atoms with van der Waals surface area (Å²) in [5.41, 5.74) is 0.758. The minimum Gasteiger partial charge on any atom is -0.468 e. The van der Waals surface area contributed by atoms with Gasteiger partial charge in [-0.05, 0) is 12.5 Å². The van der Waals surface area contributed by atoms with Gasteiger partial charge in [-0.25, -0.2) is 9.98 Å². The Labute approximate surface area is 133 Å². The first-order valence-electron chi connectivity index (χ1n) is 7.10. The maximum atomic E-state index is 12.0. The molecule has 0 fully saturated rings. The lowest BCUT2D eigenvalue weighted by Crippen LogP contribution is -2.38. The van der Waals surface area contributed by atoms with Crippen LogP contribution < -0.4 is 15.4 Å². The lowest BCUT2D eigenvalue weighted by atomic mass is 10.3. The molecule has 0 aliphatic rings. The molecule has 0 aliphatic heterocycles. The van der Waals surface area contributed by atoms with Crippen LogP contribution in [-0.2, 0) is 11.3 Å². The Hall–Kier alpha value is -2.03. The lowest BCUT2D eigenvalue weighted by Gasteiger charge is -2.11. The highest BCUT2D eigenvalue weighted by molar-refractivity contribution is 5.79. The molecule has 0 bridgehead atoms. The summed E-state index contributed by atoms with van der Waals surface area (Å²) in [6, 6.07) is 3.02. The third kappa shape index (κ3) is 8.87. The van der Waals surface area contributed by atoms with Gasteiger partial charge in [0.1, 0.15) is 0 Å². The molecule has 1 aromatic rings. The smallest absolute Gasteiger partial charge is 0.422 e. The quantitative estimate of drug-likeness (QED) is 0.430. The second kappa shape index (κ2) is 9.88. The van der Waals surface area contributed by atoms with Crippen molar-refractivity contribution in [3.63, 3.8) is 0 Å². The van der Waals surface area contributed by atoms with E-state index in [1.165, 1.54) is 12.3 Å². The Balaban J connectivity index is 2.53. The minimum absolute atomic E-state index is 0.0693. The van der Waals surface area contributed by atoms with E-state index in [2.05, 4.69) is 25.3 Å². The first-order chi connectivity index (χ1) is 10.9. The summed E-state index contributed by atoms with van der Waals surface area (Å²) in [6.45, 7) is 2.81. The van der Waals surface area contributed by atoms with Crippen LogP contribution in [0, 0.1) is 0 Å². The van der Waals surface area contributed by atoms with Crippen molar-refractivity contribution in [3.8, 4) is 5.88 Å². The molecule has 0 saturated heterocycles. The molecule has 23 heavy (non-hydrogen) atoms. The van der Waals surface area contributed by atoms with E-state index >= 15 is 0 Å². The number of guanidine groups is 1. The molecular weight excluding hydrogens is 313 g/mol. The Kier molecular flexibility index (Phi) is 8.17. The van der Waals surface area contributed by atoms with Crippen LogP contribution in [0.5, 0.6) is 5.88 Å². The average Bonchev–Trinajstić information content (AvgIpc) is 2.51. The maximum Gasteiger partial charge on any atom is 0.422 e. The van der Waals surface area contributed by atoms with Gasteiger partial charge in [0.2, 0.25) is 5.88 Å². The Morgan fingerprint density at radius 1 is 1.30 bits per heavy atom. The highest BCUT2D eigenvalue weighted by Crippen LogP contribution is 2.17. The summed E-state index contributed by atoms with van der Waals surface area (Å²) < 4.78 is 45.6. The molecule has 0 aliphatic carbocycles. The number of aromatic nitrogens is 1. The van der Waals surface area contributed by atoms with Crippen LogP contribution in [0.25, 0.3) is 0 Å². The van der Waals surface area contributed by atoms with Gasteiger partial charge >= 0.3 is 6.18 Å². The van der Waals surface area contributed by atoms with Gasteiger partial charge in [0.15, 0.2) is 12.6 Å². The van der Waals surface area contributed by atoms with Crippen molar-refractivity contribution in [2.75, 3.05) is 33.4 Å². The van der Waals surface area contributed by atoms with Crippen LogP contribution in [-0.4, -0.2) is 50.5 Å². The average molecular weight is 334 g/mol. The predicted molar refractivity (Wildman–Crippen MR) is 80.5 cm³/mol. The van der Waals surface area contributed by atoms with E-state index in [4.69, 9.17) is 4.74 Å². The monoisotopic (exact) mass is 334 g/mol. The number of pyridine rings is 1. The summed E-state index contributed by atoms with van der Waals surface area (Å²) in [5, 5.41) is 6.16. The molecule has 0 atom stereocenters. The van der Waals surface area contributed by atoms with Gasteiger partial charge in [-0.2, -0.15) is 13.2 Å². The molecule has 0 saturated carbocycles. The van der Waals surface area contributed by atoms with E-state index in [-0.39, 0.29) is 5.88 Å². The molecule has 0 aromatic carbocycles. The number of rotatable bonds is 8. The van der Waals surface area contributed by atoms with Crippen LogP contribution in [0.1, 0.15) is 12.5 Å². The van der Waals surface area contributed by atoms with E-state index in [0.29, 0.717) is 32.2 Å². The number of alkyl halides is 3. The molecule has 0 radical (unpaired) electrons. The number of nitrogens with zero attached hydrogens (tertiary/aromatic N) is 2. The zero-order valence-electron chi connectivity index (χ0n) is 13.1. The fourth-order valence-corrected chi connectivity index (χ4v) is 1.53. The Morgan fingerprint density at radius 2 is 2.09 bits per heavy atom. The van der Waals surface area contributed by atoms with Crippen molar-refractivity contribution in [1.29, 1.82) is 0 Å². The third-order valence-electron chi connectivity index (χ3n) is 2.54. The molecule has 6 nitrogen and oxygen atoms in total. The lowest BCUT2D eigenvalue weighted by molar-refractivity contribution is -0.154. The fraction of sp³-hybridized carbons (Fsp3) is 0.571. The van der Waals surface area contributed by atoms with E-state index in [0.717, 1.165) is 5.56 Å². The number of ether oxygens (including phenoxy) is 2. The number of nitrogens with one attached hydrogen (secondary N) is 2. The maximum absolute atomic E-state index is 12.0. The van der Waals surface area contributed by atoms with Crippen LogP contribution in [0.15, 0.2) is 23.3 Å². The predicted octanol–water partition coefficient (Wildman–Crippen LogP) is 1.72.